The van der Waals surface area contributed by atoms with Gasteiger partial charge in [-0.05, 0) is 26.0 Å². The molecule has 0 aliphatic carbocycles. The molecule has 0 amide bonds. The number of aromatic amines is 1. The van der Waals surface area contributed by atoms with Crippen LogP contribution in [-0.4, -0.2) is 51.2 Å². The van der Waals surface area contributed by atoms with Gasteiger partial charge >= 0.3 is 0 Å². The fraction of sp³-hybridized carbons (Fsp3) is 0.438. The molecule has 1 aliphatic heterocycles. The fourth-order valence-corrected chi connectivity index (χ4v) is 3.05. The van der Waals surface area contributed by atoms with Crippen molar-refractivity contribution in [3.63, 3.8) is 0 Å². The molecule has 1 saturated heterocycles. The molecule has 0 bridgehead atoms. The van der Waals surface area contributed by atoms with Crippen LogP contribution in [0.5, 0.6) is 0 Å². The Kier molecular flexibility index (Phi) is 3.49. The van der Waals surface area contributed by atoms with Gasteiger partial charge in [0.25, 0.3) is 0 Å². The number of H-pyrrole nitrogens is 1. The molecular weight excluding hydrogens is 292 g/mol. The van der Waals surface area contributed by atoms with Gasteiger partial charge in [-0.25, -0.2) is 4.98 Å². The van der Waals surface area contributed by atoms with Gasteiger partial charge in [-0.2, -0.15) is 4.98 Å². The molecule has 3 aromatic rings. The summed E-state index contributed by atoms with van der Waals surface area (Å²) in [6, 6.07) is 8.28. The van der Waals surface area contributed by atoms with Gasteiger partial charge in [0.05, 0.1) is 17.1 Å². The third kappa shape index (κ3) is 2.68. The van der Waals surface area contributed by atoms with Crippen LogP contribution in [0.15, 0.2) is 28.8 Å². The number of para-hydroxylation sites is 2. The van der Waals surface area contributed by atoms with Crippen LogP contribution in [0.4, 0.5) is 5.95 Å². The number of nitrogens with zero attached hydrogens (tertiary/aromatic N) is 5. The topological polar surface area (TPSA) is 74.1 Å². The van der Waals surface area contributed by atoms with Crippen LogP contribution < -0.4 is 4.90 Å². The van der Waals surface area contributed by atoms with Crippen molar-refractivity contribution in [3.8, 4) is 0 Å². The van der Waals surface area contributed by atoms with Crippen molar-refractivity contribution in [2.24, 2.45) is 0 Å². The van der Waals surface area contributed by atoms with E-state index in [1.807, 2.05) is 25.1 Å². The Hall–Kier alpha value is -2.41. The lowest BCUT2D eigenvalue weighted by molar-refractivity contribution is 0.163. The first kappa shape index (κ1) is 14.2. The first-order valence-corrected chi connectivity index (χ1v) is 7.94. The number of hydrogen-bond donors (Lipinski definition) is 1. The summed E-state index contributed by atoms with van der Waals surface area (Å²) in [6.07, 6.45) is 0. The van der Waals surface area contributed by atoms with Gasteiger partial charge in [0.1, 0.15) is 0 Å². The molecule has 0 saturated carbocycles. The van der Waals surface area contributed by atoms with Crippen molar-refractivity contribution < 1.29 is 4.52 Å². The molecule has 0 radical (unpaired) electrons. The summed E-state index contributed by atoms with van der Waals surface area (Å²) in [5, 5.41) is 3.88. The number of fused-ring (bicyclic) bond motifs is 1. The summed E-state index contributed by atoms with van der Waals surface area (Å²) in [4.78, 5) is 17.1. The Balaban J connectivity index is 1.44. The predicted molar refractivity (Wildman–Crippen MR) is 87.3 cm³/mol. The number of aryl methyl sites for hydroxylation is 1. The first-order chi connectivity index (χ1) is 11.2. The van der Waals surface area contributed by atoms with Gasteiger partial charge in [0.15, 0.2) is 5.82 Å². The summed E-state index contributed by atoms with van der Waals surface area (Å²) in [7, 11) is 0. The number of nitrogens with one attached hydrogen (secondary N) is 1. The average molecular weight is 312 g/mol. The normalized spacial score (nSPS) is 17.7. The third-order valence-corrected chi connectivity index (χ3v) is 4.44. The van der Waals surface area contributed by atoms with Crippen molar-refractivity contribution in [2.75, 3.05) is 31.1 Å². The molecule has 3 heterocycles. The molecule has 1 aromatic carbocycles. The third-order valence-electron chi connectivity index (χ3n) is 4.44. The second-order valence-corrected chi connectivity index (χ2v) is 5.96. The lowest BCUT2D eigenvalue weighted by Gasteiger charge is -2.36. The molecule has 7 nitrogen and oxygen atoms in total. The maximum atomic E-state index is 5.30. The highest BCUT2D eigenvalue weighted by molar-refractivity contribution is 5.77. The summed E-state index contributed by atoms with van der Waals surface area (Å²) in [5.41, 5.74) is 2.10. The molecule has 4 rings (SSSR count). The minimum absolute atomic E-state index is 0.147. The predicted octanol–water partition coefficient (Wildman–Crippen LogP) is 2.14. The largest absolute Gasteiger partial charge is 0.340 e. The van der Waals surface area contributed by atoms with E-state index in [1.165, 1.54) is 0 Å². The van der Waals surface area contributed by atoms with Crippen molar-refractivity contribution in [2.45, 2.75) is 19.9 Å². The van der Waals surface area contributed by atoms with E-state index >= 15 is 0 Å². The number of aromatic nitrogens is 4. The van der Waals surface area contributed by atoms with Crippen LogP contribution in [0.1, 0.15) is 24.7 Å². The number of hydrogen-bond acceptors (Lipinski definition) is 6. The first-order valence-electron chi connectivity index (χ1n) is 7.94. The van der Waals surface area contributed by atoms with Gasteiger partial charge in [0, 0.05) is 26.2 Å². The van der Waals surface area contributed by atoms with E-state index in [0.29, 0.717) is 11.7 Å². The van der Waals surface area contributed by atoms with Gasteiger partial charge in [-0.15, -0.1) is 0 Å². The summed E-state index contributed by atoms with van der Waals surface area (Å²) < 4.78 is 5.30. The Bertz CT molecular complexity index is 769. The Labute approximate surface area is 134 Å². The van der Waals surface area contributed by atoms with E-state index in [0.717, 1.165) is 43.2 Å². The van der Waals surface area contributed by atoms with E-state index in [2.05, 4.69) is 42.9 Å². The van der Waals surface area contributed by atoms with E-state index in [1.54, 1.807) is 0 Å². The standard InChI is InChI=1S/C16H20N6O/c1-11(15-17-12(2)20-23-15)21-7-9-22(10-8-21)16-18-13-5-3-4-6-14(13)19-16/h3-6,11H,7-10H2,1-2H3,(H,18,19). The highest BCUT2D eigenvalue weighted by Gasteiger charge is 2.26. The number of anilines is 1. The lowest BCUT2D eigenvalue weighted by atomic mass is 10.2. The average Bonchev–Trinajstić information content (AvgIpc) is 3.20. The summed E-state index contributed by atoms with van der Waals surface area (Å²) >= 11 is 0. The van der Waals surface area contributed by atoms with Crippen molar-refractivity contribution >= 4 is 17.0 Å². The Morgan fingerprint density at radius 2 is 1.91 bits per heavy atom. The van der Waals surface area contributed by atoms with Gasteiger partial charge in [-0.3, -0.25) is 4.90 Å². The minimum Gasteiger partial charge on any atom is -0.340 e. The molecule has 1 fully saturated rings. The molecule has 1 aliphatic rings. The van der Waals surface area contributed by atoms with Gasteiger partial charge < -0.3 is 14.4 Å². The zero-order valence-electron chi connectivity index (χ0n) is 13.4. The summed E-state index contributed by atoms with van der Waals surface area (Å²) in [6.45, 7) is 7.71. The number of piperazine rings is 1. The van der Waals surface area contributed by atoms with Crippen LogP contribution in [-0.2, 0) is 0 Å². The zero-order chi connectivity index (χ0) is 15.8. The van der Waals surface area contributed by atoms with E-state index in [-0.39, 0.29) is 6.04 Å². The molecule has 120 valence electrons. The van der Waals surface area contributed by atoms with Crippen molar-refractivity contribution in [1.29, 1.82) is 0 Å². The molecule has 1 unspecified atom stereocenters. The monoisotopic (exact) mass is 312 g/mol. The zero-order valence-corrected chi connectivity index (χ0v) is 13.4. The van der Waals surface area contributed by atoms with E-state index < -0.39 is 0 Å². The summed E-state index contributed by atoms with van der Waals surface area (Å²) in [5.74, 6) is 2.33. The van der Waals surface area contributed by atoms with Gasteiger partial charge in [0.2, 0.25) is 11.8 Å². The maximum absolute atomic E-state index is 5.30. The molecule has 0 spiro atoms. The van der Waals surface area contributed by atoms with Crippen LogP contribution in [0.25, 0.3) is 11.0 Å². The minimum atomic E-state index is 0.147. The number of rotatable bonds is 3. The van der Waals surface area contributed by atoms with Crippen molar-refractivity contribution in [1.82, 2.24) is 25.0 Å². The molecular formula is C16H20N6O. The Morgan fingerprint density at radius 1 is 1.13 bits per heavy atom. The highest BCUT2D eigenvalue weighted by Crippen LogP contribution is 2.23. The number of imidazole rings is 1. The molecule has 7 heteroatoms. The van der Waals surface area contributed by atoms with Crippen molar-refractivity contribution in [3.05, 3.63) is 36.0 Å². The second-order valence-electron chi connectivity index (χ2n) is 5.96. The van der Waals surface area contributed by atoms with Crippen LogP contribution in [0.3, 0.4) is 0 Å². The fourth-order valence-electron chi connectivity index (χ4n) is 3.05. The SMILES string of the molecule is Cc1noc(C(C)N2CCN(c3nc4ccccc4[nH]3)CC2)n1. The van der Waals surface area contributed by atoms with Crippen LogP contribution in [0.2, 0.25) is 0 Å². The number of benzene rings is 1. The molecule has 1 atom stereocenters. The molecule has 2 aromatic heterocycles. The smallest absolute Gasteiger partial charge is 0.243 e. The quantitative estimate of drug-likeness (QED) is 0.798. The second kappa shape index (κ2) is 5.66. The van der Waals surface area contributed by atoms with E-state index in [9.17, 15) is 0 Å². The van der Waals surface area contributed by atoms with Crippen LogP contribution >= 0.6 is 0 Å². The lowest BCUT2D eigenvalue weighted by Crippen LogP contribution is -2.47. The highest BCUT2D eigenvalue weighted by atomic mass is 16.5. The molecule has 1 N–H and O–H groups in total. The Morgan fingerprint density at radius 3 is 2.61 bits per heavy atom. The van der Waals surface area contributed by atoms with Gasteiger partial charge in [-0.1, -0.05) is 17.3 Å². The molecule has 23 heavy (non-hydrogen) atoms. The van der Waals surface area contributed by atoms with Crippen LogP contribution in [0, 0.1) is 6.92 Å². The maximum Gasteiger partial charge on any atom is 0.243 e. The van der Waals surface area contributed by atoms with E-state index in [4.69, 9.17) is 4.52 Å².